The van der Waals surface area contributed by atoms with Crippen LogP contribution in [0.5, 0.6) is 5.88 Å². The number of hydrogen-bond acceptors (Lipinski definition) is 6. The van der Waals surface area contributed by atoms with Gasteiger partial charge in [-0.25, -0.2) is 9.56 Å². The number of aliphatic imine (C=N–C) groups is 1. The van der Waals surface area contributed by atoms with E-state index in [1.54, 1.807) is 30.3 Å². The van der Waals surface area contributed by atoms with Gasteiger partial charge in [0, 0.05) is 17.0 Å². The van der Waals surface area contributed by atoms with E-state index in [0.29, 0.717) is 22.0 Å². The lowest BCUT2D eigenvalue weighted by Gasteiger charge is -2.14. The van der Waals surface area contributed by atoms with Gasteiger partial charge in [-0.05, 0) is 48.4 Å². The lowest BCUT2D eigenvalue weighted by atomic mass is 10.1. The van der Waals surface area contributed by atoms with E-state index in [-0.39, 0.29) is 17.4 Å². The summed E-state index contributed by atoms with van der Waals surface area (Å²) < 4.78 is 1.28. The number of aryl methyl sites for hydroxylation is 2. The second kappa shape index (κ2) is 6.49. The minimum Gasteiger partial charge on any atom is -0.494 e. The zero-order valence-electron chi connectivity index (χ0n) is 14.7. The van der Waals surface area contributed by atoms with E-state index in [0.717, 1.165) is 11.1 Å². The van der Waals surface area contributed by atoms with Crippen LogP contribution in [0, 0.1) is 13.8 Å². The lowest BCUT2D eigenvalue weighted by molar-refractivity contribution is 0.436. The number of aromatic nitrogens is 5. The highest BCUT2D eigenvalue weighted by atomic mass is 16.3. The van der Waals surface area contributed by atoms with E-state index < -0.39 is 0 Å². The summed E-state index contributed by atoms with van der Waals surface area (Å²) in [5.41, 5.74) is 2.80. The van der Waals surface area contributed by atoms with Crippen LogP contribution in [-0.4, -0.2) is 36.5 Å². The number of tetrazole rings is 1. The van der Waals surface area contributed by atoms with Crippen molar-refractivity contribution in [3.63, 3.8) is 0 Å². The van der Waals surface area contributed by atoms with Crippen LogP contribution >= 0.6 is 0 Å². The van der Waals surface area contributed by atoms with Gasteiger partial charge in [-0.1, -0.05) is 29.4 Å². The number of benzene rings is 2. The number of nitrogens with one attached hydrogen (secondary N) is 1. The number of pyridine rings is 1. The number of H-pyrrole nitrogens is 1. The molecule has 0 amide bonds. The number of aromatic amines is 1. The lowest BCUT2D eigenvalue weighted by Crippen LogP contribution is -2.20. The third kappa shape index (κ3) is 2.86. The average Bonchev–Trinajstić information content (AvgIpc) is 3.18. The highest BCUT2D eigenvalue weighted by molar-refractivity contribution is 6.02. The Morgan fingerprint density at radius 3 is 2.59 bits per heavy atom. The topological polar surface area (TPSA) is 109 Å². The van der Waals surface area contributed by atoms with Gasteiger partial charge >= 0.3 is 0 Å². The third-order valence-corrected chi connectivity index (χ3v) is 4.50. The Morgan fingerprint density at radius 1 is 1.11 bits per heavy atom. The summed E-state index contributed by atoms with van der Waals surface area (Å²) in [5.74, 6) is -0.0726. The maximum Gasteiger partial charge on any atom is 0.288 e. The van der Waals surface area contributed by atoms with Gasteiger partial charge in [-0.15, -0.1) is 5.10 Å². The maximum atomic E-state index is 13.0. The van der Waals surface area contributed by atoms with Gasteiger partial charge in [0.1, 0.15) is 0 Å². The Morgan fingerprint density at radius 2 is 1.89 bits per heavy atom. The normalized spacial score (nSPS) is 11.5. The van der Waals surface area contributed by atoms with E-state index in [1.165, 1.54) is 10.8 Å². The molecule has 4 rings (SSSR count). The summed E-state index contributed by atoms with van der Waals surface area (Å²) in [6.45, 7) is 3.95. The van der Waals surface area contributed by atoms with Crippen molar-refractivity contribution < 1.29 is 5.11 Å². The fraction of sp³-hybridized carbons (Fsp3) is 0.105. The Hall–Kier alpha value is -3.81. The van der Waals surface area contributed by atoms with E-state index in [1.807, 2.05) is 26.0 Å². The molecule has 0 saturated heterocycles. The minimum absolute atomic E-state index is 0.127. The molecule has 4 aromatic rings. The molecule has 2 aromatic carbocycles. The van der Waals surface area contributed by atoms with Crippen LogP contribution in [-0.2, 0) is 0 Å². The first-order valence-corrected chi connectivity index (χ1v) is 8.28. The molecule has 0 spiro atoms. The van der Waals surface area contributed by atoms with Gasteiger partial charge in [0.15, 0.2) is 0 Å². The van der Waals surface area contributed by atoms with Gasteiger partial charge in [-0.2, -0.15) is 5.21 Å². The molecular weight excluding hydrogens is 344 g/mol. The molecule has 0 atom stereocenters. The molecule has 0 aliphatic rings. The van der Waals surface area contributed by atoms with Crippen LogP contribution < -0.4 is 5.56 Å². The molecule has 0 radical (unpaired) electrons. The summed E-state index contributed by atoms with van der Waals surface area (Å²) in [4.78, 5) is 17.2. The summed E-state index contributed by atoms with van der Waals surface area (Å²) in [5, 5.41) is 25.3. The van der Waals surface area contributed by atoms with Crippen LogP contribution in [0.25, 0.3) is 16.5 Å². The molecule has 134 valence electrons. The van der Waals surface area contributed by atoms with E-state index in [2.05, 4.69) is 25.6 Å². The van der Waals surface area contributed by atoms with Gasteiger partial charge in [0.25, 0.3) is 11.5 Å². The Labute approximate surface area is 153 Å². The number of rotatable bonds is 3. The van der Waals surface area contributed by atoms with Gasteiger partial charge in [-0.3, -0.25) is 4.79 Å². The van der Waals surface area contributed by atoms with Crippen LogP contribution in [0.2, 0.25) is 0 Å². The van der Waals surface area contributed by atoms with Crippen LogP contribution in [0.3, 0.4) is 0 Å². The molecule has 8 nitrogen and oxygen atoms in total. The van der Waals surface area contributed by atoms with Crippen molar-refractivity contribution in [2.45, 2.75) is 13.8 Å². The Kier molecular flexibility index (Phi) is 4.00. The smallest absolute Gasteiger partial charge is 0.288 e. The zero-order valence-corrected chi connectivity index (χ0v) is 14.7. The Balaban J connectivity index is 2.02. The van der Waals surface area contributed by atoms with Crippen molar-refractivity contribution in [3.05, 3.63) is 69.5 Å². The molecule has 8 heteroatoms. The quantitative estimate of drug-likeness (QED) is 0.546. The van der Waals surface area contributed by atoms with Crippen LogP contribution in [0.15, 0.2) is 52.3 Å². The number of aromatic hydroxyl groups is 1. The molecule has 0 saturated carbocycles. The fourth-order valence-corrected chi connectivity index (χ4v) is 2.93. The first-order valence-electron chi connectivity index (χ1n) is 8.28. The minimum atomic E-state index is -0.303. The second-order valence-electron chi connectivity index (χ2n) is 6.16. The molecule has 0 fully saturated rings. The molecule has 2 N–H and O–H groups in total. The molecule has 27 heavy (non-hydrogen) atoms. The van der Waals surface area contributed by atoms with Crippen molar-refractivity contribution in [1.29, 1.82) is 0 Å². The standard InChI is InChI=1S/C19H16N6O2/c1-11-7-8-13(9-12(11)2)25-17(26)15-6-4-3-5-14(15)16(18(25)27)10-20-19-21-23-24-22-19/h3-10,27H,1-2H3,(H,21,22,23,24)/b20-10+. The third-order valence-electron chi connectivity index (χ3n) is 4.50. The highest BCUT2D eigenvalue weighted by Gasteiger charge is 2.16. The molecule has 2 heterocycles. The zero-order chi connectivity index (χ0) is 19.0. The molecule has 0 unspecified atom stereocenters. The summed E-state index contributed by atoms with van der Waals surface area (Å²) >= 11 is 0. The van der Waals surface area contributed by atoms with Gasteiger partial charge < -0.3 is 5.11 Å². The summed E-state index contributed by atoms with van der Waals surface area (Å²) in [7, 11) is 0. The van der Waals surface area contributed by atoms with E-state index in [4.69, 9.17) is 0 Å². The number of fused-ring (bicyclic) bond motifs is 1. The molecule has 0 aliphatic carbocycles. The molecular formula is C19H16N6O2. The van der Waals surface area contributed by atoms with Crippen molar-refractivity contribution in [2.24, 2.45) is 4.99 Å². The molecule has 2 aromatic heterocycles. The first-order chi connectivity index (χ1) is 13.1. The van der Waals surface area contributed by atoms with Crippen LogP contribution in [0.4, 0.5) is 5.95 Å². The van der Waals surface area contributed by atoms with E-state index >= 15 is 0 Å². The SMILES string of the molecule is Cc1ccc(-n2c(O)c(/C=N/c3nn[nH]n3)c3ccccc3c2=O)cc1C. The monoisotopic (exact) mass is 360 g/mol. The number of nitrogens with zero attached hydrogens (tertiary/aromatic N) is 5. The predicted molar refractivity (Wildman–Crippen MR) is 102 cm³/mol. The highest BCUT2D eigenvalue weighted by Crippen LogP contribution is 2.27. The molecule has 0 aliphatic heterocycles. The largest absolute Gasteiger partial charge is 0.494 e. The number of hydrogen-bond donors (Lipinski definition) is 2. The predicted octanol–water partition coefficient (Wildman–Crippen LogP) is 2.58. The van der Waals surface area contributed by atoms with Crippen molar-refractivity contribution in [1.82, 2.24) is 25.2 Å². The van der Waals surface area contributed by atoms with Crippen molar-refractivity contribution in [3.8, 4) is 11.6 Å². The van der Waals surface area contributed by atoms with Gasteiger partial charge in [0.2, 0.25) is 5.88 Å². The van der Waals surface area contributed by atoms with Crippen LogP contribution in [0.1, 0.15) is 16.7 Å². The molecule has 0 bridgehead atoms. The summed E-state index contributed by atoms with van der Waals surface area (Å²) in [6.07, 6.45) is 1.43. The van der Waals surface area contributed by atoms with E-state index in [9.17, 15) is 9.90 Å². The maximum absolute atomic E-state index is 13.0. The first kappa shape index (κ1) is 16.6. The van der Waals surface area contributed by atoms with Gasteiger partial charge in [0.05, 0.1) is 11.3 Å². The van der Waals surface area contributed by atoms with Crippen molar-refractivity contribution in [2.75, 3.05) is 0 Å². The average molecular weight is 360 g/mol. The fourth-order valence-electron chi connectivity index (χ4n) is 2.93. The second-order valence-corrected chi connectivity index (χ2v) is 6.16. The summed E-state index contributed by atoms with van der Waals surface area (Å²) in [6, 6.07) is 12.7. The Bertz CT molecular complexity index is 1230. The van der Waals surface area contributed by atoms with Crippen molar-refractivity contribution >= 4 is 22.9 Å².